The molecule has 1 aromatic heterocycles. The maximum atomic E-state index is 14.4. The van der Waals surface area contributed by atoms with E-state index >= 15 is 0 Å². The summed E-state index contributed by atoms with van der Waals surface area (Å²) in [7, 11) is 0. The Hall–Kier alpha value is -2.27. The Balaban J connectivity index is 2.34. The van der Waals surface area contributed by atoms with Crippen LogP contribution in [0.2, 0.25) is 5.15 Å². The molecule has 0 saturated carbocycles. The van der Waals surface area contributed by atoms with E-state index in [0.717, 1.165) is 0 Å². The maximum Gasteiger partial charge on any atom is 0.227 e. The van der Waals surface area contributed by atoms with Crippen molar-refractivity contribution in [3.63, 3.8) is 0 Å². The van der Waals surface area contributed by atoms with Crippen molar-refractivity contribution in [3.8, 4) is 0 Å². The van der Waals surface area contributed by atoms with Gasteiger partial charge in [0.2, 0.25) is 5.91 Å². The lowest BCUT2D eigenvalue weighted by atomic mass is 9.91. The number of pyridine rings is 1. The highest BCUT2D eigenvalue weighted by Crippen LogP contribution is 2.40. The van der Waals surface area contributed by atoms with Crippen molar-refractivity contribution >= 4 is 28.8 Å². The fourth-order valence-corrected chi connectivity index (χ4v) is 3.22. The molecular formula is C18H15ClF2N2O. The van der Waals surface area contributed by atoms with Crippen molar-refractivity contribution in [2.75, 3.05) is 6.54 Å². The van der Waals surface area contributed by atoms with Gasteiger partial charge in [0.15, 0.2) is 0 Å². The lowest BCUT2D eigenvalue weighted by Crippen LogP contribution is -2.33. The number of carbonyl (C=O) groups excluding carboxylic acids is 1. The van der Waals surface area contributed by atoms with Gasteiger partial charge in [0, 0.05) is 24.7 Å². The third kappa shape index (κ3) is 2.80. The van der Waals surface area contributed by atoms with Gasteiger partial charge in [0.25, 0.3) is 0 Å². The minimum Gasteiger partial charge on any atom is -0.312 e. The van der Waals surface area contributed by atoms with Crippen molar-refractivity contribution in [2.45, 2.75) is 19.8 Å². The zero-order valence-electron chi connectivity index (χ0n) is 13.0. The number of nitrogens with zero attached hydrogens (tertiary/aromatic N) is 2. The number of carbonyl (C=O) groups is 1. The van der Waals surface area contributed by atoms with Gasteiger partial charge in [0.1, 0.15) is 16.8 Å². The molecule has 3 nitrogen and oxygen atoms in total. The van der Waals surface area contributed by atoms with Crippen LogP contribution in [0.25, 0.3) is 11.3 Å². The highest BCUT2D eigenvalue weighted by molar-refractivity contribution is 6.31. The van der Waals surface area contributed by atoms with Crippen LogP contribution < -0.4 is 0 Å². The Morgan fingerprint density at radius 2 is 1.88 bits per heavy atom. The van der Waals surface area contributed by atoms with E-state index in [1.54, 1.807) is 25.3 Å². The lowest BCUT2D eigenvalue weighted by Gasteiger charge is -2.32. The predicted molar refractivity (Wildman–Crippen MR) is 89.0 cm³/mol. The molecule has 2 heterocycles. The summed E-state index contributed by atoms with van der Waals surface area (Å²) in [5.41, 5.74) is 1.24. The molecule has 1 amide bonds. The van der Waals surface area contributed by atoms with E-state index in [9.17, 15) is 13.6 Å². The number of aromatic nitrogens is 1. The summed E-state index contributed by atoms with van der Waals surface area (Å²) < 4.78 is 28.8. The molecule has 0 fully saturated rings. The SMILES string of the molecule is CCN1C(=O)CCC(c2cccnc2Cl)=C1c1c(F)cccc1F. The van der Waals surface area contributed by atoms with E-state index in [1.165, 1.54) is 23.1 Å². The molecule has 2 aromatic rings. The maximum absolute atomic E-state index is 14.4. The van der Waals surface area contributed by atoms with Crippen LogP contribution in [0.5, 0.6) is 0 Å². The normalized spacial score (nSPS) is 15.2. The van der Waals surface area contributed by atoms with Crippen molar-refractivity contribution in [3.05, 3.63) is 64.4 Å². The van der Waals surface area contributed by atoms with Crippen molar-refractivity contribution in [1.82, 2.24) is 9.88 Å². The lowest BCUT2D eigenvalue weighted by molar-refractivity contribution is -0.128. The summed E-state index contributed by atoms with van der Waals surface area (Å²) >= 11 is 6.18. The van der Waals surface area contributed by atoms with Crippen LogP contribution in [0.3, 0.4) is 0 Å². The van der Waals surface area contributed by atoms with E-state index in [1.807, 2.05) is 0 Å². The Kier molecular flexibility index (Phi) is 4.62. The molecule has 1 aromatic carbocycles. The summed E-state index contributed by atoms with van der Waals surface area (Å²) in [4.78, 5) is 17.7. The molecule has 24 heavy (non-hydrogen) atoms. The van der Waals surface area contributed by atoms with Gasteiger partial charge in [-0.25, -0.2) is 13.8 Å². The zero-order chi connectivity index (χ0) is 17.3. The number of hydrogen-bond donors (Lipinski definition) is 0. The van der Waals surface area contributed by atoms with E-state index in [2.05, 4.69) is 4.98 Å². The molecule has 0 N–H and O–H groups in total. The molecule has 0 saturated heterocycles. The molecule has 0 aliphatic carbocycles. The van der Waals surface area contributed by atoms with Crippen LogP contribution in [0.4, 0.5) is 8.78 Å². The number of amides is 1. The molecule has 6 heteroatoms. The first-order valence-corrected chi connectivity index (χ1v) is 8.01. The monoisotopic (exact) mass is 348 g/mol. The van der Waals surface area contributed by atoms with Gasteiger partial charge in [-0.3, -0.25) is 4.79 Å². The quantitative estimate of drug-likeness (QED) is 0.764. The fourth-order valence-electron chi connectivity index (χ4n) is 2.99. The molecular weight excluding hydrogens is 334 g/mol. The Labute approximate surface area is 143 Å². The number of benzene rings is 1. The number of halogens is 3. The second-order valence-electron chi connectivity index (χ2n) is 5.40. The summed E-state index contributed by atoms with van der Waals surface area (Å²) in [5.74, 6) is -1.59. The van der Waals surface area contributed by atoms with Gasteiger partial charge in [-0.1, -0.05) is 23.7 Å². The third-order valence-electron chi connectivity index (χ3n) is 4.05. The van der Waals surface area contributed by atoms with Crippen LogP contribution >= 0.6 is 11.6 Å². The largest absolute Gasteiger partial charge is 0.312 e. The number of allylic oxidation sites excluding steroid dienone is 1. The summed E-state index contributed by atoms with van der Waals surface area (Å²) in [6, 6.07) is 7.11. The van der Waals surface area contributed by atoms with E-state index in [4.69, 9.17) is 11.6 Å². The molecule has 0 unspecified atom stereocenters. The number of hydrogen-bond acceptors (Lipinski definition) is 2. The second kappa shape index (κ2) is 6.69. The number of rotatable bonds is 3. The summed E-state index contributed by atoms with van der Waals surface area (Å²) in [5, 5.41) is 0.243. The van der Waals surface area contributed by atoms with Gasteiger partial charge in [0.05, 0.1) is 11.3 Å². The first-order chi connectivity index (χ1) is 11.5. The van der Waals surface area contributed by atoms with Crippen molar-refractivity contribution < 1.29 is 13.6 Å². The molecule has 0 atom stereocenters. The van der Waals surface area contributed by atoms with E-state index in [-0.39, 0.29) is 28.7 Å². The zero-order valence-corrected chi connectivity index (χ0v) is 13.8. The molecule has 0 spiro atoms. The minimum atomic E-state index is -0.712. The molecule has 3 rings (SSSR count). The predicted octanol–water partition coefficient (Wildman–Crippen LogP) is 4.52. The van der Waals surface area contributed by atoms with Gasteiger partial charge in [-0.05, 0) is 37.1 Å². The van der Waals surface area contributed by atoms with Gasteiger partial charge < -0.3 is 4.90 Å². The van der Waals surface area contributed by atoms with E-state index in [0.29, 0.717) is 24.1 Å². The van der Waals surface area contributed by atoms with Gasteiger partial charge in [-0.2, -0.15) is 0 Å². The van der Waals surface area contributed by atoms with Gasteiger partial charge in [-0.15, -0.1) is 0 Å². The highest BCUT2D eigenvalue weighted by Gasteiger charge is 2.31. The summed E-state index contributed by atoms with van der Waals surface area (Å²) in [6.45, 7) is 2.08. The highest BCUT2D eigenvalue weighted by atomic mass is 35.5. The van der Waals surface area contributed by atoms with Crippen LogP contribution in [-0.4, -0.2) is 22.3 Å². The first kappa shape index (κ1) is 16.6. The standard InChI is InChI=1S/C18H15ClF2N2O/c1-2-23-15(24)9-8-11(12-5-4-10-22-18(12)19)17(23)16-13(20)6-3-7-14(16)21/h3-7,10H,2,8-9H2,1H3. The van der Waals surface area contributed by atoms with Crippen molar-refractivity contribution in [2.24, 2.45) is 0 Å². The molecule has 1 aliphatic rings. The van der Waals surface area contributed by atoms with Crippen LogP contribution in [0.1, 0.15) is 30.9 Å². The average molecular weight is 349 g/mol. The fraction of sp³-hybridized carbons (Fsp3) is 0.222. The summed E-state index contributed by atoms with van der Waals surface area (Å²) in [6.07, 6.45) is 2.15. The molecule has 0 radical (unpaired) electrons. The smallest absolute Gasteiger partial charge is 0.227 e. The molecule has 1 aliphatic heterocycles. The minimum absolute atomic E-state index is 0.168. The second-order valence-corrected chi connectivity index (χ2v) is 5.76. The Bertz CT molecular complexity index is 815. The van der Waals surface area contributed by atoms with Gasteiger partial charge >= 0.3 is 0 Å². The average Bonchev–Trinajstić information content (AvgIpc) is 2.56. The molecule has 0 bridgehead atoms. The van der Waals surface area contributed by atoms with Crippen molar-refractivity contribution in [1.29, 1.82) is 0 Å². The van der Waals surface area contributed by atoms with Crippen LogP contribution in [-0.2, 0) is 4.79 Å². The van der Waals surface area contributed by atoms with Crippen LogP contribution in [0, 0.1) is 11.6 Å². The Morgan fingerprint density at radius 3 is 2.50 bits per heavy atom. The topological polar surface area (TPSA) is 33.2 Å². The van der Waals surface area contributed by atoms with Crippen LogP contribution in [0.15, 0.2) is 36.5 Å². The molecule has 124 valence electrons. The first-order valence-electron chi connectivity index (χ1n) is 7.63. The van der Waals surface area contributed by atoms with E-state index < -0.39 is 11.6 Å². The third-order valence-corrected chi connectivity index (χ3v) is 4.35. The Morgan fingerprint density at radius 1 is 1.17 bits per heavy atom.